The van der Waals surface area contributed by atoms with E-state index in [1.54, 1.807) is 6.92 Å². The fraction of sp³-hybridized carbons (Fsp3) is 0.750. The maximum absolute atomic E-state index is 9.00. The zero-order valence-electron chi connectivity index (χ0n) is 5.01. The van der Waals surface area contributed by atoms with Crippen LogP contribution in [0.4, 0.5) is 0 Å². The van der Waals surface area contributed by atoms with E-state index < -0.39 is 5.97 Å². The molecule has 8 heavy (non-hydrogen) atoms. The van der Waals surface area contributed by atoms with Crippen molar-refractivity contribution in [1.29, 1.82) is 0 Å². The van der Waals surface area contributed by atoms with Gasteiger partial charge in [0.25, 0.3) is 5.97 Å². The van der Waals surface area contributed by atoms with Crippen LogP contribution in [0.2, 0.25) is 0 Å². The van der Waals surface area contributed by atoms with Gasteiger partial charge in [-0.2, -0.15) is 0 Å². The van der Waals surface area contributed by atoms with E-state index in [2.05, 4.69) is 0 Å². The molecule has 0 rings (SSSR count). The third-order valence-corrected chi connectivity index (χ3v) is 0. The second-order valence-corrected chi connectivity index (χ2v) is 0.835. The minimum absolute atomic E-state index is 0. The number of carbonyl (C=O) groups is 1. The molecule has 0 spiro atoms. The van der Waals surface area contributed by atoms with Crippen LogP contribution >= 0.6 is 0 Å². The molecule has 0 aliphatic rings. The number of aliphatic hydroxyl groups excluding tert-OH is 1. The van der Waals surface area contributed by atoms with Crippen molar-refractivity contribution in [3.05, 3.63) is 0 Å². The summed E-state index contributed by atoms with van der Waals surface area (Å²) >= 11 is 0. The van der Waals surface area contributed by atoms with Crippen LogP contribution in [0.1, 0.15) is 13.8 Å². The van der Waals surface area contributed by atoms with Crippen LogP contribution in [-0.2, 0) is 31.0 Å². The number of rotatable bonds is 0. The molecule has 0 fully saturated rings. The quantitative estimate of drug-likeness (QED) is 0.578. The Morgan fingerprint density at radius 3 is 1.62 bits per heavy atom. The van der Waals surface area contributed by atoms with Gasteiger partial charge in [0.2, 0.25) is 0 Å². The molecule has 0 aromatic rings. The van der Waals surface area contributed by atoms with Crippen LogP contribution in [0.3, 0.4) is 0 Å². The van der Waals surface area contributed by atoms with Crippen molar-refractivity contribution in [2.75, 3.05) is 6.61 Å². The largest absolute Gasteiger partial charge is 0.481 e. The van der Waals surface area contributed by atoms with E-state index >= 15 is 0 Å². The van der Waals surface area contributed by atoms with E-state index in [-0.39, 0.29) is 32.8 Å². The molecule has 2 N–H and O–H groups in total. The van der Waals surface area contributed by atoms with Gasteiger partial charge in [-0.1, -0.05) is 0 Å². The van der Waals surface area contributed by atoms with Crippen LogP contribution in [0.25, 0.3) is 0 Å². The van der Waals surface area contributed by atoms with Crippen molar-refractivity contribution in [1.82, 2.24) is 0 Å². The minimum atomic E-state index is -0.833. The van der Waals surface area contributed by atoms with Crippen molar-refractivity contribution in [2.24, 2.45) is 0 Å². The van der Waals surface area contributed by atoms with Crippen LogP contribution in [0.15, 0.2) is 0 Å². The summed E-state index contributed by atoms with van der Waals surface area (Å²) in [6, 6.07) is 0. The molecule has 0 bridgehead atoms. The first-order chi connectivity index (χ1) is 3.15. The Labute approximate surface area is 67.8 Å². The van der Waals surface area contributed by atoms with Gasteiger partial charge in [0.15, 0.2) is 0 Å². The third kappa shape index (κ3) is 1820. The van der Waals surface area contributed by atoms with Crippen molar-refractivity contribution in [2.45, 2.75) is 13.8 Å². The third-order valence-electron chi connectivity index (χ3n) is 0. The van der Waals surface area contributed by atoms with Gasteiger partial charge in [0, 0.05) is 39.7 Å². The summed E-state index contributed by atoms with van der Waals surface area (Å²) in [5.41, 5.74) is 0. The molecule has 0 saturated heterocycles. The van der Waals surface area contributed by atoms with E-state index in [0.29, 0.717) is 0 Å². The first-order valence-electron chi connectivity index (χ1n) is 1.95. The monoisotopic (exact) mass is 196 g/mol. The van der Waals surface area contributed by atoms with Gasteiger partial charge >= 0.3 is 0 Å². The Kier molecular flexibility index (Phi) is 30.8. The average Bonchev–Trinajstić information content (AvgIpc) is 1.33. The summed E-state index contributed by atoms with van der Waals surface area (Å²) in [7, 11) is 0. The van der Waals surface area contributed by atoms with Gasteiger partial charge in [-0.05, 0) is 6.92 Å². The van der Waals surface area contributed by atoms with Crippen molar-refractivity contribution in [3.63, 3.8) is 0 Å². The normalized spacial score (nSPS) is 5.38. The van der Waals surface area contributed by atoms with Gasteiger partial charge in [0.05, 0.1) is 0 Å². The second-order valence-electron chi connectivity index (χ2n) is 0.835. The molecule has 0 amide bonds. The molecule has 0 saturated carbocycles. The van der Waals surface area contributed by atoms with Crippen LogP contribution in [0, 0.1) is 0 Å². The standard InChI is InChI=1S/C2H4O2.C2H6O.Zr/c1-2(3)4;1-2-3;/h1H3,(H,3,4);3H,2H2,1H3;. The van der Waals surface area contributed by atoms with Crippen molar-refractivity contribution >= 4 is 5.97 Å². The van der Waals surface area contributed by atoms with E-state index in [4.69, 9.17) is 15.0 Å². The van der Waals surface area contributed by atoms with Gasteiger partial charge < -0.3 is 10.2 Å². The molecule has 0 radical (unpaired) electrons. The summed E-state index contributed by atoms with van der Waals surface area (Å²) in [4.78, 5) is 9.00. The molecule has 3 nitrogen and oxygen atoms in total. The second kappa shape index (κ2) is 15.7. The van der Waals surface area contributed by atoms with E-state index in [1.165, 1.54) is 0 Å². The Bertz CT molecular complexity index is 42.5. The SMILES string of the molecule is CC(=O)O.CCO.[Zr]. The number of carboxylic acids is 1. The molecule has 0 aliphatic carbocycles. The van der Waals surface area contributed by atoms with Gasteiger partial charge in [-0.15, -0.1) is 0 Å². The molecule has 0 aromatic carbocycles. The predicted octanol–water partition coefficient (Wildman–Crippen LogP) is 0.0870. The summed E-state index contributed by atoms with van der Waals surface area (Å²) in [6.07, 6.45) is 0. The maximum Gasteiger partial charge on any atom is 0.300 e. The van der Waals surface area contributed by atoms with Gasteiger partial charge in [0.1, 0.15) is 0 Å². The first kappa shape index (κ1) is 15.7. The first-order valence-corrected chi connectivity index (χ1v) is 1.95. The number of hydrogen-bond acceptors (Lipinski definition) is 2. The molecule has 0 atom stereocenters. The number of carboxylic acid groups (broad SMARTS) is 1. The van der Waals surface area contributed by atoms with Crippen LogP contribution in [0.5, 0.6) is 0 Å². The van der Waals surface area contributed by atoms with E-state index in [1.807, 2.05) is 0 Å². The Hall–Kier alpha value is 0.313. The topological polar surface area (TPSA) is 57.5 Å². The molecule has 0 unspecified atom stereocenters. The Morgan fingerprint density at radius 1 is 1.62 bits per heavy atom. The van der Waals surface area contributed by atoms with Crippen molar-refractivity contribution in [3.8, 4) is 0 Å². The van der Waals surface area contributed by atoms with Crippen molar-refractivity contribution < 1.29 is 41.2 Å². The molecule has 0 aliphatic heterocycles. The molecular formula is C4H10O3Zr. The summed E-state index contributed by atoms with van der Waals surface area (Å²) in [5, 5.41) is 15.0. The molecule has 4 heteroatoms. The summed E-state index contributed by atoms with van der Waals surface area (Å²) < 4.78 is 0. The molecule has 0 heterocycles. The fourth-order valence-corrected chi connectivity index (χ4v) is 0. The average molecular weight is 197 g/mol. The Balaban J connectivity index is -0.0000000575. The number of aliphatic carboxylic acids is 1. The molecular weight excluding hydrogens is 187 g/mol. The fourth-order valence-electron chi connectivity index (χ4n) is 0. The van der Waals surface area contributed by atoms with E-state index in [0.717, 1.165) is 6.92 Å². The summed E-state index contributed by atoms with van der Waals surface area (Å²) in [6.45, 7) is 3.01. The summed E-state index contributed by atoms with van der Waals surface area (Å²) in [5.74, 6) is -0.833. The van der Waals surface area contributed by atoms with Crippen LogP contribution < -0.4 is 0 Å². The van der Waals surface area contributed by atoms with Gasteiger partial charge in [-0.25, -0.2) is 0 Å². The molecule has 48 valence electrons. The van der Waals surface area contributed by atoms with E-state index in [9.17, 15) is 0 Å². The van der Waals surface area contributed by atoms with Gasteiger partial charge in [-0.3, -0.25) is 4.79 Å². The predicted molar refractivity (Wildman–Crippen MR) is 26.1 cm³/mol. The number of aliphatic hydroxyl groups is 1. The molecule has 0 aromatic heterocycles. The maximum atomic E-state index is 9.00. The minimum Gasteiger partial charge on any atom is -0.481 e. The Morgan fingerprint density at radius 2 is 1.62 bits per heavy atom. The zero-order valence-corrected chi connectivity index (χ0v) is 7.47. The van der Waals surface area contributed by atoms with Crippen LogP contribution in [-0.4, -0.2) is 22.8 Å². The smallest absolute Gasteiger partial charge is 0.300 e. The number of hydrogen-bond donors (Lipinski definition) is 2. The zero-order chi connectivity index (χ0) is 6.28.